The average molecular weight is 617 g/mol. The van der Waals surface area contributed by atoms with Gasteiger partial charge in [0.1, 0.15) is 24.1 Å². The third kappa shape index (κ3) is 9.22. The largest absolute Gasteiger partial charge is 0.462 e. The van der Waals surface area contributed by atoms with Crippen LogP contribution in [0.5, 0.6) is 0 Å². The lowest BCUT2D eigenvalue weighted by Crippen LogP contribution is -2.41. The zero-order valence-electron chi connectivity index (χ0n) is 22.5. The molecule has 1 saturated heterocycles. The van der Waals surface area contributed by atoms with Gasteiger partial charge in [0.05, 0.1) is 19.3 Å². The van der Waals surface area contributed by atoms with Crippen molar-refractivity contribution in [2.75, 3.05) is 24.7 Å². The summed E-state index contributed by atoms with van der Waals surface area (Å²) in [6.07, 6.45) is -4.73. The minimum absolute atomic E-state index is 0.114. The van der Waals surface area contributed by atoms with Crippen LogP contribution in [0.2, 0.25) is 0 Å². The van der Waals surface area contributed by atoms with Crippen LogP contribution in [-0.4, -0.2) is 74.2 Å². The first-order chi connectivity index (χ1) is 17.9. The lowest BCUT2D eigenvalue weighted by atomic mass is 10.00. The minimum atomic E-state index is -4.33. The zero-order chi connectivity index (χ0) is 29.8. The first-order valence-corrected chi connectivity index (χ1v) is 14.9. The highest BCUT2D eigenvalue weighted by Gasteiger charge is 2.58. The van der Waals surface area contributed by atoms with Crippen molar-refractivity contribution in [3.63, 3.8) is 0 Å². The van der Waals surface area contributed by atoms with Crippen LogP contribution in [0.3, 0.4) is 0 Å². The molecule has 1 aliphatic rings. The number of alkyl halides is 2. The van der Waals surface area contributed by atoms with E-state index in [0.29, 0.717) is 4.57 Å². The third-order valence-corrected chi connectivity index (χ3v) is 8.51. The Kier molecular flexibility index (Phi) is 11.5. The maximum atomic E-state index is 15.3. The zero-order valence-corrected chi connectivity index (χ0v) is 24.9. The molecule has 4 N–H and O–H groups in total. The van der Waals surface area contributed by atoms with Crippen molar-refractivity contribution in [2.24, 2.45) is 5.41 Å². The molecule has 0 bridgehead atoms. The van der Waals surface area contributed by atoms with Gasteiger partial charge in [0.25, 0.3) is 5.13 Å². The van der Waals surface area contributed by atoms with Gasteiger partial charge >= 0.3 is 19.4 Å². The monoisotopic (exact) mass is 616 g/mol. The number of aliphatic hydroxyl groups excluding tert-OH is 1. The molecule has 1 aromatic rings. The smallest absolute Gasteiger partial charge is 0.406 e. The number of nitrogens with zero attached hydrogens (tertiary/aromatic N) is 2. The predicted octanol–water partition coefficient (Wildman–Crippen LogP) is 2.37. The second-order valence-corrected chi connectivity index (χ2v) is 13.5. The van der Waals surface area contributed by atoms with Crippen LogP contribution in [0.25, 0.3) is 0 Å². The number of aromatic nitrogens is 2. The molecule has 0 aliphatic carbocycles. The molecule has 0 aromatic carbocycles. The summed E-state index contributed by atoms with van der Waals surface area (Å²) in [7, 11) is -4.33. The van der Waals surface area contributed by atoms with E-state index in [-0.39, 0.29) is 23.3 Å². The van der Waals surface area contributed by atoms with E-state index in [9.17, 15) is 24.1 Å². The average Bonchev–Trinajstić information content (AvgIpc) is 3.03. The first kappa shape index (κ1) is 33.6. The summed E-state index contributed by atoms with van der Waals surface area (Å²) in [5.74, 6) is -0.751. The number of nitrogens with two attached hydrogens (primary N) is 1. The molecular weight excluding hydrogens is 582 g/mol. The molecule has 0 amide bonds. The van der Waals surface area contributed by atoms with E-state index in [1.807, 2.05) is 0 Å². The summed E-state index contributed by atoms with van der Waals surface area (Å²) < 4.78 is 50.8. The van der Waals surface area contributed by atoms with Crippen LogP contribution in [0.15, 0.2) is 17.1 Å². The fraction of sp³-hybridized carbons (Fsp3) is 0.727. The van der Waals surface area contributed by atoms with Crippen LogP contribution < -0.4 is 16.5 Å². The van der Waals surface area contributed by atoms with Gasteiger partial charge in [-0.1, -0.05) is 44.1 Å². The van der Waals surface area contributed by atoms with Gasteiger partial charge in [0.2, 0.25) is 0 Å². The second-order valence-electron chi connectivity index (χ2n) is 10.0. The molecule has 1 unspecified atom stereocenters. The number of esters is 1. The number of aliphatic hydroxyl groups is 1. The summed E-state index contributed by atoms with van der Waals surface area (Å²) in [4.78, 5) is 40.1. The Morgan fingerprint density at radius 2 is 2.03 bits per heavy atom. The Hall–Kier alpha value is -1.58. The number of carbonyl (C=O) groups is 2. The van der Waals surface area contributed by atoms with Crippen LogP contribution in [-0.2, 0) is 32.7 Å². The number of nitrogen functional groups attached to an aromatic ring is 1. The molecule has 0 saturated carbocycles. The van der Waals surface area contributed by atoms with E-state index in [1.165, 1.54) is 13.0 Å². The molecule has 1 fully saturated rings. The summed E-state index contributed by atoms with van der Waals surface area (Å²) >= 11 is 6.85. The summed E-state index contributed by atoms with van der Waals surface area (Å²) in [6.45, 7) is 8.92. The van der Waals surface area contributed by atoms with Gasteiger partial charge in [-0.2, -0.15) is 4.98 Å². The number of halogens is 2. The number of nitrogens with one attached hydrogen (secondary N) is 1. The fourth-order valence-corrected chi connectivity index (χ4v) is 5.81. The molecule has 0 spiro atoms. The second kappa shape index (κ2) is 13.4. The van der Waals surface area contributed by atoms with Crippen molar-refractivity contribution >= 4 is 48.0 Å². The first-order valence-electron chi connectivity index (χ1n) is 12.0. The highest BCUT2D eigenvalue weighted by Crippen LogP contribution is 2.48. The number of carbonyl (C=O) groups excluding carboxylic acids is 2. The van der Waals surface area contributed by atoms with Crippen molar-refractivity contribution in [1.82, 2.24) is 14.6 Å². The van der Waals surface area contributed by atoms with Gasteiger partial charge in [-0.3, -0.25) is 23.2 Å². The van der Waals surface area contributed by atoms with E-state index in [4.69, 9.17) is 35.9 Å². The van der Waals surface area contributed by atoms with Crippen LogP contribution >= 0.6 is 31.1 Å². The normalized spacial score (nSPS) is 25.8. The van der Waals surface area contributed by atoms with Gasteiger partial charge < -0.3 is 20.3 Å². The number of rotatable bonds is 12. The van der Waals surface area contributed by atoms with Gasteiger partial charge in [0, 0.05) is 17.4 Å². The number of thioether (sulfide) groups is 1. The number of anilines is 1. The van der Waals surface area contributed by atoms with Crippen molar-refractivity contribution in [3.05, 3.63) is 22.7 Å². The SMILES string of the molecule is CC(C)OC(=O)[C@@H](C)NP(=O)(OCCSC(=O)C(C)(C)C)OC[C@H]1O[C@@H](n2ccc(N)nc2=O)[C@@](F)(Cl)[C@@H]1O. The van der Waals surface area contributed by atoms with Crippen molar-refractivity contribution in [2.45, 2.75) is 77.3 Å². The Morgan fingerprint density at radius 1 is 1.38 bits per heavy atom. The molecule has 2 heterocycles. The molecule has 13 nitrogen and oxygen atoms in total. The van der Waals surface area contributed by atoms with E-state index >= 15 is 4.39 Å². The molecule has 39 heavy (non-hydrogen) atoms. The Labute approximate surface area is 234 Å². The van der Waals surface area contributed by atoms with Gasteiger partial charge in [-0.25, -0.2) is 18.8 Å². The lowest BCUT2D eigenvalue weighted by Gasteiger charge is -2.25. The van der Waals surface area contributed by atoms with E-state index in [0.717, 1.165) is 18.0 Å². The molecule has 0 radical (unpaired) electrons. The Balaban J connectivity index is 2.16. The maximum Gasteiger partial charge on any atom is 0.406 e. The quantitative estimate of drug-likeness (QED) is 0.135. The molecule has 1 aromatic heterocycles. The van der Waals surface area contributed by atoms with E-state index in [2.05, 4.69) is 10.1 Å². The number of hydrogen-bond donors (Lipinski definition) is 3. The van der Waals surface area contributed by atoms with Gasteiger partial charge in [-0.15, -0.1) is 0 Å². The summed E-state index contributed by atoms with van der Waals surface area (Å²) in [6, 6.07) is 0.0527. The lowest BCUT2D eigenvalue weighted by molar-refractivity contribution is -0.149. The highest BCUT2D eigenvalue weighted by molar-refractivity contribution is 8.13. The molecule has 222 valence electrons. The molecule has 1 aliphatic heterocycles. The highest BCUT2D eigenvalue weighted by atomic mass is 35.5. The van der Waals surface area contributed by atoms with Crippen molar-refractivity contribution < 1.29 is 42.2 Å². The number of hydrogen-bond acceptors (Lipinski definition) is 12. The summed E-state index contributed by atoms with van der Waals surface area (Å²) in [5, 5.41) is 9.79. The van der Waals surface area contributed by atoms with E-state index in [1.54, 1.807) is 34.6 Å². The number of ether oxygens (including phenoxy) is 2. The van der Waals surface area contributed by atoms with Crippen molar-refractivity contribution in [1.29, 1.82) is 0 Å². The molecule has 17 heteroatoms. The van der Waals surface area contributed by atoms with Crippen molar-refractivity contribution in [3.8, 4) is 0 Å². The minimum Gasteiger partial charge on any atom is -0.462 e. The van der Waals surface area contributed by atoms with Crippen LogP contribution in [0.1, 0.15) is 47.8 Å². The topological polar surface area (TPSA) is 181 Å². The molecule has 2 rings (SSSR count). The third-order valence-electron chi connectivity index (χ3n) is 5.14. The van der Waals surface area contributed by atoms with Gasteiger partial charge in [0.15, 0.2) is 11.3 Å². The van der Waals surface area contributed by atoms with Crippen LogP contribution in [0, 0.1) is 5.41 Å². The molecule has 6 atom stereocenters. The molecular formula is C22H35ClFN4O9PS. The van der Waals surface area contributed by atoms with Crippen LogP contribution in [0.4, 0.5) is 10.2 Å². The Bertz CT molecular complexity index is 1130. The van der Waals surface area contributed by atoms with E-state index < -0.39 is 67.1 Å². The Morgan fingerprint density at radius 3 is 2.59 bits per heavy atom. The predicted molar refractivity (Wildman–Crippen MR) is 143 cm³/mol. The standard InChI is InChI=1S/C22H35ClFN4O9PS/c1-12(2)36-17(30)13(3)27-38(33,34-9-10-39-19(31)21(4,5)6)35-11-14-16(29)22(23,24)18(37-14)28-8-7-15(25)26-20(28)32/h7-8,12-14,16,18,29H,9-11H2,1-6H3,(H,27,33)(H2,25,26,32)/t13-,14-,16-,18-,22-,38?/m1/s1. The fourth-order valence-electron chi connectivity index (χ4n) is 3.13. The van der Waals surface area contributed by atoms with Gasteiger partial charge in [-0.05, 0) is 26.8 Å². The summed E-state index contributed by atoms with van der Waals surface area (Å²) in [5.41, 5.74) is 3.87. The maximum absolute atomic E-state index is 15.3.